The van der Waals surface area contributed by atoms with Gasteiger partial charge in [-0.05, 0) is 12.1 Å². The minimum absolute atomic E-state index is 0.200. The third kappa shape index (κ3) is 3.13. The van der Waals surface area contributed by atoms with Crippen LogP contribution in [0.3, 0.4) is 0 Å². The summed E-state index contributed by atoms with van der Waals surface area (Å²) in [5.41, 5.74) is 0. The summed E-state index contributed by atoms with van der Waals surface area (Å²) >= 11 is 5.85. The maximum absolute atomic E-state index is 11.9. The summed E-state index contributed by atoms with van der Waals surface area (Å²) in [6.07, 6.45) is -0.366. The van der Waals surface area contributed by atoms with Crippen LogP contribution in [-0.2, 0) is 0 Å². The van der Waals surface area contributed by atoms with Crippen LogP contribution in [0.15, 0.2) is 24.4 Å². The summed E-state index contributed by atoms with van der Waals surface area (Å²) in [5, 5.41) is 4.04. The van der Waals surface area contributed by atoms with E-state index in [1.807, 2.05) is 0 Å². The molecule has 2 rings (SSSR count). The van der Waals surface area contributed by atoms with Gasteiger partial charge in [-0.1, -0.05) is 11.6 Å². The van der Waals surface area contributed by atoms with Gasteiger partial charge in [-0.25, -0.2) is 9.67 Å². The van der Waals surface area contributed by atoms with Crippen molar-refractivity contribution in [2.24, 2.45) is 0 Å². The molecule has 0 saturated carbocycles. The summed E-state index contributed by atoms with van der Waals surface area (Å²) in [7, 11) is 0. The second-order valence-corrected chi connectivity index (χ2v) is 3.64. The van der Waals surface area contributed by atoms with Crippen molar-refractivity contribution in [3.8, 4) is 11.7 Å². The normalized spacial score (nSPS) is 11.6. The van der Waals surface area contributed by atoms with Crippen molar-refractivity contribution in [3.63, 3.8) is 0 Å². The lowest BCUT2D eigenvalue weighted by molar-refractivity contribution is -0.154. The average Bonchev–Trinajstić information content (AvgIpc) is 2.75. The number of pyridine rings is 1. The van der Waals surface area contributed by atoms with Crippen LogP contribution in [0.25, 0.3) is 5.82 Å². The number of rotatable bonds is 3. The zero-order valence-corrected chi connectivity index (χ0v) is 9.53. The molecule has 0 aliphatic heterocycles. The van der Waals surface area contributed by atoms with Gasteiger partial charge in [0.2, 0.25) is 5.88 Å². The Bertz CT molecular complexity index is 541. The van der Waals surface area contributed by atoms with Crippen LogP contribution in [0.2, 0.25) is 5.02 Å². The molecule has 95 valence electrons. The molecule has 0 N–H and O–H groups in total. The monoisotopic (exact) mass is 276 g/mol. The van der Waals surface area contributed by atoms with Crippen molar-refractivity contribution in [2.45, 2.75) is 6.18 Å². The summed E-state index contributed by atoms with van der Waals surface area (Å²) in [5.74, 6) is 0.0649. The maximum Gasteiger partial charge on any atom is 0.422 e. The van der Waals surface area contributed by atoms with Crippen LogP contribution in [0.5, 0.6) is 5.88 Å². The van der Waals surface area contributed by atoms with Crippen molar-refractivity contribution in [3.05, 3.63) is 35.6 Å². The van der Waals surface area contributed by atoms with Crippen LogP contribution >= 0.6 is 11.6 Å². The standard InChI is InChI=1S/C10H6ClF3N3O/c11-7-2-1-4-15-9(7)17-5-3-8(16-17)18-6-10(12,13)14/h1-4H,6H2. The van der Waals surface area contributed by atoms with E-state index < -0.39 is 12.8 Å². The van der Waals surface area contributed by atoms with Crippen molar-refractivity contribution >= 4 is 11.6 Å². The third-order valence-corrected chi connectivity index (χ3v) is 2.13. The van der Waals surface area contributed by atoms with E-state index in [2.05, 4.69) is 21.0 Å². The van der Waals surface area contributed by atoms with Crippen LogP contribution in [-0.4, -0.2) is 27.5 Å². The Balaban J connectivity index is 2.14. The van der Waals surface area contributed by atoms with Gasteiger partial charge in [-0.3, -0.25) is 0 Å². The largest absolute Gasteiger partial charge is 0.467 e. The molecule has 8 heteroatoms. The van der Waals surface area contributed by atoms with Gasteiger partial charge in [0.25, 0.3) is 0 Å². The van der Waals surface area contributed by atoms with E-state index in [-0.39, 0.29) is 11.7 Å². The molecule has 0 spiro atoms. The number of nitrogens with zero attached hydrogens (tertiary/aromatic N) is 3. The predicted molar refractivity (Wildman–Crippen MR) is 56.8 cm³/mol. The first-order chi connectivity index (χ1) is 8.46. The van der Waals surface area contributed by atoms with Gasteiger partial charge >= 0.3 is 6.18 Å². The highest BCUT2D eigenvalue weighted by Gasteiger charge is 2.28. The Morgan fingerprint density at radius 2 is 2.22 bits per heavy atom. The number of hydrogen-bond acceptors (Lipinski definition) is 3. The quantitative estimate of drug-likeness (QED) is 0.865. The molecular weight excluding hydrogens is 271 g/mol. The van der Waals surface area contributed by atoms with E-state index >= 15 is 0 Å². The van der Waals surface area contributed by atoms with E-state index in [1.165, 1.54) is 12.3 Å². The fourth-order valence-electron chi connectivity index (χ4n) is 1.14. The highest BCUT2D eigenvalue weighted by atomic mass is 35.5. The van der Waals surface area contributed by atoms with Gasteiger partial charge in [0.15, 0.2) is 12.4 Å². The number of hydrogen-bond donors (Lipinski definition) is 0. The summed E-state index contributed by atoms with van der Waals surface area (Å²) < 4.78 is 41.4. The molecule has 0 saturated heterocycles. The lowest BCUT2D eigenvalue weighted by atomic mass is 10.4. The molecule has 0 aliphatic rings. The SMILES string of the molecule is FC(F)(F)COc1c[c]n(-c2ncccc2Cl)n1. The Labute approximate surface area is 105 Å². The van der Waals surface area contributed by atoms with Gasteiger partial charge in [0.05, 0.1) is 11.2 Å². The lowest BCUT2D eigenvalue weighted by Gasteiger charge is -2.06. The first-order valence-corrected chi connectivity index (χ1v) is 5.12. The van der Waals surface area contributed by atoms with Crippen LogP contribution in [0.1, 0.15) is 0 Å². The average molecular weight is 277 g/mol. The fourth-order valence-corrected chi connectivity index (χ4v) is 1.34. The molecule has 0 fully saturated rings. The molecular formula is C10H6ClF3N3O. The Morgan fingerprint density at radius 3 is 2.89 bits per heavy atom. The van der Waals surface area contributed by atoms with E-state index in [0.29, 0.717) is 5.02 Å². The van der Waals surface area contributed by atoms with Gasteiger partial charge in [0, 0.05) is 12.3 Å². The first kappa shape index (κ1) is 12.7. The molecule has 4 nitrogen and oxygen atoms in total. The molecule has 0 aliphatic carbocycles. The van der Waals surface area contributed by atoms with Crippen molar-refractivity contribution < 1.29 is 17.9 Å². The summed E-state index contributed by atoms with van der Waals surface area (Å²) in [6.45, 7) is -1.41. The molecule has 0 aromatic carbocycles. The van der Waals surface area contributed by atoms with Crippen molar-refractivity contribution in [1.82, 2.24) is 14.8 Å². The highest BCUT2D eigenvalue weighted by Crippen LogP contribution is 2.20. The molecule has 18 heavy (non-hydrogen) atoms. The van der Waals surface area contributed by atoms with E-state index in [1.54, 1.807) is 12.1 Å². The number of aromatic nitrogens is 3. The minimum atomic E-state index is -4.41. The van der Waals surface area contributed by atoms with E-state index in [0.717, 1.165) is 4.68 Å². The first-order valence-electron chi connectivity index (χ1n) is 4.74. The van der Waals surface area contributed by atoms with Crippen molar-refractivity contribution in [2.75, 3.05) is 6.61 Å². The van der Waals surface area contributed by atoms with Gasteiger partial charge in [-0.2, -0.15) is 13.2 Å². The molecule has 0 atom stereocenters. The van der Waals surface area contributed by atoms with Gasteiger partial charge in [-0.15, -0.1) is 5.10 Å². The maximum atomic E-state index is 11.9. The van der Waals surface area contributed by atoms with E-state index in [9.17, 15) is 13.2 Å². The number of ether oxygens (including phenoxy) is 1. The number of alkyl halides is 3. The predicted octanol–water partition coefficient (Wildman–Crippen LogP) is 2.66. The molecule has 0 bridgehead atoms. The second kappa shape index (κ2) is 4.85. The molecule has 2 aromatic rings. The minimum Gasteiger partial charge on any atom is -0.467 e. The zero-order chi connectivity index (χ0) is 13.2. The zero-order valence-electron chi connectivity index (χ0n) is 8.78. The highest BCUT2D eigenvalue weighted by molar-refractivity contribution is 6.32. The van der Waals surface area contributed by atoms with Crippen LogP contribution in [0, 0.1) is 6.20 Å². The molecule has 1 radical (unpaired) electrons. The lowest BCUT2D eigenvalue weighted by Crippen LogP contribution is -2.19. The summed E-state index contributed by atoms with van der Waals surface area (Å²) in [6, 6.07) is 4.38. The second-order valence-electron chi connectivity index (χ2n) is 3.24. The smallest absolute Gasteiger partial charge is 0.422 e. The Kier molecular flexibility index (Phi) is 3.42. The number of halogens is 4. The van der Waals surface area contributed by atoms with Crippen molar-refractivity contribution in [1.29, 1.82) is 0 Å². The Hall–Kier alpha value is -1.76. The fraction of sp³-hybridized carbons (Fsp3) is 0.200. The molecule has 0 amide bonds. The topological polar surface area (TPSA) is 39.9 Å². The molecule has 2 heterocycles. The summed E-state index contributed by atoms with van der Waals surface area (Å²) in [4.78, 5) is 3.93. The van der Waals surface area contributed by atoms with E-state index in [4.69, 9.17) is 11.6 Å². The molecule has 2 aromatic heterocycles. The van der Waals surface area contributed by atoms with Gasteiger partial charge in [0.1, 0.15) is 0 Å². The molecule has 0 unspecified atom stereocenters. The van der Waals surface area contributed by atoms with Crippen LogP contribution in [0.4, 0.5) is 13.2 Å². The van der Waals surface area contributed by atoms with Gasteiger partial charge < -0.3 is 4.74 Å². The van der Waals surface area contributed by atoms with Crippen LogP contribution < -0.4 is 4.74 Å². The Morgan fingerprint density at radius 1 is 1.44 bits per heavy atom. The third-order valence-electron chi connectivity index (χ3n) is 1.83.